The van der Waals surface area contributed by atoms with Gasteiger partial charge in [0.2, 0.25) is 0 Å². The maximum Gasteiger partial charge on any atom is 0.0643 e. The number of hydrogen-bond acceptors (Lipinski definition) is 2. The van der Waals surface area contributed by atoms with Gasteiger partial charge in [0.25, 0.3) is 0 Å². The van der Waals surface area contributed by atoms with E-state index in [0.29, 0.717) is 6.04 Å². The van der Waals surface area contributed by atoms with Crippen LogP contribution >= 0.6 is 15.9 Å². The molecule has 4 heteroatoms. The zero-order chi connectivity index (χ0) is 15.4. The Bertz CT molecular complexity index is 591. The number of halogens is 1. The Labute approximate surface area is 135 Å². The van der Waals surface area contributed by atoms with Crippen LogP contribution in [-0.2, 0) is 6.42 Å². The third-order valence-electron chi connectivity index (χ3n) is 4.06. The molecule has 2 aromatic rings. The molecule has 1 N–H and O–H groups in total. The summed E-state index contributed by atoms with van der Waals surface area (Å²) in [5, 5.41) is 8.12. The van der Waals surface area contributed by atoms with Gasteiger partial charge in [0, 0.05) is 29.2 Å². The van der Waals surface area contributed by atoms with Gasteiger partial charge in [-0.05, 0) is 44.5 Å². The van der Waals surface area contributed by atoms with E-state index in [1.54, 1.807) is 0 Å². The Kier molecular flexibility index (Phi) is 5.59. The first-order chi connectivity index (χ1) is 10.1. The van der Waals surface area contributed by atoms with Crippen LogP contribution < -0.4 is 5.32 Å². The van der Waals surface area contributed by atoms with Gasteiger partial charge in [0.15, 0.2) is 0 Å². The quantitative estimate of drug-likeness (QED) is 0.835. The second-order valence-corrected chi connectivity index (χ2v) is 6.36. The number of likely N-dealkylation sites (N-methyl/N-ethyl adjacent to an activating group) is 1. The van der Waals surface area contributed by atoms with Crippen molar-refractivity contribution in [2.24, 2.45) is 0 Å². The fourth-order valence-electron chi connectivity index (χ4n) is 2.43. The van der Waals surface area contributed by atoms with E-state index in [-0.39, 0.29) is 6.04 Å². The van der Waals surface area contributed by atoms with Crippen LogP contribution in [0.25, 0.3) is 0 Å². The van der Waals surface area contributed by atoms with Crippen LogP contribution in [0.15, 0.2) is 34.9 Å². The Hall–Kier alpha value is -1.13. The summed E-state index contributed by atoms with van der Waals surface area (Å²) in [6.45, 7) is 6.51. The summed E-state index contributed by atoms with van der Waals surface area (Å²) < 4.78 is 3.25. The molecule has 114 valence electrons. The first-order valence-corrected chi connectivity index (χ1v) is 8.32. The van der Waals surface area contributed by atoms with Gasteiger partial charge in [0.1, 0.15) is 0 Å². The number of nitrogens with one attached hydrogen (secondary N) is 1. The Morgan fingerprint density at radius 1 is 1.33 bits per heavy atom. The lowest BCUT2D eigenvalue weighted by Gasteiger charge is -2.18. The van der Waals surface area contributed by atoms with Gasteiger partial charge >= 0.3 is 0 Å². The molecule has 0 saturated heterocycles. The van der Waals surface area contributed by atoms with Crippen molar-refractivity contribution < 1.29 is 0 Å². The zero-order valence-corrected chi connectivity index (χ0v) is 14.8. The van der Waals surface area contributed by atoms with Gasteiger partial charge < -0.3 is 5.32 Å². The number of hydrogen-bond donors (Lipinski definition) is 1. The average molecular weight is 350 g/mol. The molecule has 1 aromatic heterocycles. The van der Waals surface area contributed by atoms with E-state index in [2.05, 4.69) is 77.2 Å². The van der Waals surface area contributed by atoms with Gasteiger partial charge in [-0.15, -0.1) is 0 Å². The van der Waals surface area contributed by atoms with Crippen molar-refractivity contribution in [3.05, 3.63) is 51.8 Å². The van der Waals surface area contributed by atoms with E-state index in [1.165, 1.54) is 15.6 Å². The van der Waals surface area contributed by atoms with Crippen molar-refractivity contribution in [1.29, 1.82) is 0 Å². The van der Waals surface area contributed by atoms with Crippen LogP contribution in [0, 0.1) is 6.92 Å². The van der Waals surface area contributed by atoms with Gasteiger partial charge in [-0.3, -0.25) is 4.68 Å². The molecule has 1 aromatic carbocycles. The minimum absolute atomic E-state index is 0.263. The van der Waals surface area contributed by atoms with Crippen LogP contribution in [-0.4, -0.2) is 16.8 Å². The molecule has 0 aliphatic heterocycles. The number of aryl methyl sites for hydroxylation is 1. The lowest BCUT2D eigenvalue weighted by atomic mass is 10.0. The minimum Gasteiger partial charge on any atom is -0.313 e. The smallest absolute Gasteiger partial charge is 0.0643 e. The number of aromatic nitrogens is 2. The monoisotopic (exact) mass is 349 g/mol. The third kappa shape index (κ3) is 3.74. The molecule has 2 rings (SSSR count). The van der Waals surface area contributed by atoms with Crippen molar-refractivity contribution in [2.75, 3.05) is 7.05 Å². The second-order valence-electron chi connectivity index (χ2n) is 5.57. The summed E-state index contributed by atoms with van der Waals surface area (Å²) in [6.07, 6.45) is 4.07. The van der Waals surface area contributed by atoms with E-state index < -0.39 is 0 Å². The predicted molar refractivity (Wildman–Crippen MR) is 91.6 cm³/mol. The lowest BCUT2D eigenvalue weighted by molar-refractivity contribution is 0.469. The molecule has 0 fully saturated rings. The molecule has 2 atom stereocenters. The fraction of sp³-hybridized carbons (Fsp3) is 0.471. The third-order valence-corrected chi connectivity index (χ3v) is 5.15. The van der Waals surface area contributed by atoms with Crippen LogP contribution in [0.5, 0.6) is 0 Å². The molecule has 1 heterocycles. The number of benzene rings is 1. The van der Waals surface area contributed by atoms with Gasteiger partial charge in [0.05, 0.1) is 5.69 Å². The van der Waals surface area contributed by atoms with E-state index >= 15 is 0 Å². The van der Waals surface area contributed by atoms with Crippen LogP contribution in [0.2, 0.25) is 0 Å². The molecule has 0 saturated carbocycles. The molecule has 21 heavy (non-hydrogen) atoms. The van der Waals surface area contributed by atoms with E-state index in [1.807, 2.05) is 7.05 Å². The van der Waals surface area contributed by atoms with Crippen molar-refractivity contribution >= 4 is 15.9 Å². The van der Waals surface area contributed by atoms with Gasteiger partial charge in [-0.2, -0.15) is 5.10 Å². The largest absolute Gasteiger partial charge is 0.313 e. The standard InChI is InChI=1S/C17H24BrN3/c1-5-13(3)21-10-9-14(20-21)11-16(19-4)15-8-6-7-12(2)17(15)18/h6-10,13,16,19H,5,11H2,1-4H3. The van der Waals surface area contributed by atoms with Crippen molar-refractivity contribution in [2.45, 2.75) is 45.7 Å². The van der Waals surface area contributed by atoms with E-state index in [9.17, 15) is 0 Å². The molecule has 0 radical (unpaired) electrons. The van der Waals surface area contributed by atoms with Crippen LogP contribution in [0.3, 0.4) is 0 Å². The average Bonchev–Trinajstić information content (AvgIpc) is 2.95. The number of nitrogens with zero attached hydrogens (tertiary/aromatic N) is 2. The summed E-state index contributed by atoms with van der Waals surface area (Å²) in [5.41, 5.74) is 3.68. The fourth-order valence-corrected chi connectivity index (χ4v) is 2.98. The van der Waals surface area contributed by atoms with Gasteiger partial charge in [-0.1, -0.05) is 41.1 Å². The van der Waals surface area contributed by atoms with Crippen LogP contribution in [0.4, 0.5) is 0 Å². The normalized spacial score (nSPS) is 14.1. The molecular weight excluding hydrogens is 326 g/mol. The molecule has 0 amide bonds. The summed E-state index contributed by atoms with van der Waals surface area (Å²) in [5.74, 6) is 0. The topological polar surface area (TPSA) is 29.9 Å². The van der Waals surface area contributed by atoms with E-state index in [4.69, 9.17) is 5.10 Å². The van der Waals surface area contributed by atoms with Crippen LogP contribution in [0.1, 0.15) is 49.2 Å². The Balaban J connectivity index is 2.19. The molecule has 2 unspecified atom stereocenters. The first kappa shape index (κ1) is 16.2. The first-order valence-electron chi connectivity index (χ1n) is 7.53. The molecular formula is C17H24BrN3. The Morgan fingerprint density at radius 2 is 2.10 bits per heavy atom. The highest BCUT2D eigenvalue weighted by atomic mass is 79.9. The highest BCUT2D eigenvalue weighted by Crippen LogP contribution is 2.28. The summed E-state index contributed by atoms with van der Waals surface area (Å²) in [7, 11) is 2.01. The zero-order valence-electron chi connectivity index (χ0n) is 13.2. The Morgan fingerprint density at radius 3 is 2.76 bits per heavy atom. The number of rotatable bonds is 6. The highest BCUT2D eigenvalue weighted by molar-refractivity contribution is 9.10. The van der Waals surface area contributed by atoms with Crippen molar-refractivity contribution in [3.8, 4) is 0 Å². The predicted octanol–water partition coefficient (Wildman–Crippen LogP) is 4.43. The van der Waals surface area contributed by atoms with Crippen molar-refractivity contribution in [3.63, 3.8) is 0 Å². The minimum atomic E-state index is 0.263. The van der Waals surface area contributed by atoms with Gasteiger partial charge in [-0.25, -0.2) is 0 Å². The maximum absolute atomic E-state index is 4.71. The lowest BCUT2D eigenvalue weighted by Crippen LogP contribution is -2.20. The molecule has 0 spiro atoms. The molecule has 0 bridgehead atoms. The van der Waals surface area contributed by atoms with E-state index in [0.717, 1.165) is 18.5 Å². The summed E-state index contributed by atoms with van der Waals surface area (Å²) >= 11 is 3.71. The molecule has 3 nitrogen and oxygen atoms in total. The maximum atomic E-state index is 4.71. The summed E-state index contributed by atoms with van der Waals surface area (Å²) in [4.78, 5) is 0. The molecule has 0 aliphatic rings. The van der Waals surface area contributed by atoms with Crippen molar-refractivity contribution in [1.82, 2.24) is 15.1 Å². The molecule has 0 aliphatic carbocycles. The highest BCUT2D eigenvalue weighted by Gasteiger charge is 2.16. The summed E-state index contributed by atoms with van der Waals surface area (Å²) in [6, 6.07) is 9.25. The second kappa shape index (κ2) is 7.23. The SMILES string of the molecule is CCC(C)n1ccc(CC(NC)c2cccc(C)c2Br)n1.